The van der Waals surface area contributed by atoms with Crippen LogP contribution in [0.25, 0.3) is 0 Å². The molecular formula is C10H22O3. The van der Waals surface area contributed by atoms with Crippen molar-refractivity contribution >= 4 is 0 Å². The first-order valence-electron chi connectivity index (χ1n) is 4.63. The van der Waals surface area contributed by atoms with Gasteiger partial charge in [0.25, 0.3) is 0 Å². The van der Waals surface area contributed by atoms with Crippen molar-refractivity contribution < 1.29 is 14.2 Å². The maximum Gasteiger partial charge on any atom is 0.109 e. The summed E-state index contributed by atoms with van der Waals surface area (Å²) in [6, 6.07) is 0. The zero-order valence-electron chi connectivity index (χ0n) is 9.59. The van der Waals surface area contributed by atoms with Gasteiger partial charge in [0.1, 0.15) is 6.10 Å². The number of hydrogen-bond acceptors (Lipinski definition) is 3. The molecule has 0 heterocycles. The van der Waals surface area contributed by atoms with Gasteiger partial charge in [0, 0.05) is 14.2 Å². The number of hydrogen-bond donors (Lipinski definition) is 0. The lowest BCUT2D eigenvalue weighted by molar-refractivity contribution is -0.152. The van der Waals surface area contributed by atoms with E-state index >= 15 is 0 Å². The highest BCUT2D eigenvalue weighted by molar-refractivity contribution is 4.80. The smallest absolute Gasteiger partial charge is 0.109 e. The molecule has 3 nitrogen and oxygen atoms in total. The normalized spacial score (nSPS) is 15.0. The summed E-state index contributed by atoms with van der Waals surface area (Å²) in [6.07, 6.45) is 0.171. The Labute approximate surface area is 81.4 Å². The van der Waals surface area contributed by atoms with Crippen molar-refractivity contribution in [2.45, 2.75) is 45.5 Å². The first-order valence-corrected chi connectivity index (χ1v) is 4.63. The van der Waals surface area contributed by atoms with E-state index in [4.69, 9.17) is 14.2 Å². The average molecular weight is 190 g/mol. The molecule has 0 fully saturated rings. The van der Waals surface area contributed by atoms with E-state index in [2.05, 4.69) is 0 Å². The first kappa shape index (κ1) is 12.9. The molecule has 0 aliphatic rings. The summed E-state index contributed by atoms with van der Waals surface area (Å²) >= 11 is 0. The number of rotatable bonds is 6. The molecule has 0 saturated carbocycles. The van der Waals surface area contributed by atoms with Crippen molar-refractivity contribution in [3.63, 3.8) is 0 Å². The molecule has 0 radical (unpaired) electrons. The second kappa shape index (κ2) is 5.58. The summed E-state index contributed by atoms with van der Waals surface area (Å²) in [7, 11) is 3.34. The standard InChI is InChI=1S/C10H22O3/c1-8(2)13-10(3,4)9(12-6)7-11-5/h8-9H,7H2,1-6H3. The topological polar surface area (TPSA) is 27.7 Å². The van der Waals surface area contributed by atoms with Crippen LogP contribution in [0, 0.1) is 0 Å². The van der Waals surface area contributed by atoms with Gasteiger partial charge in [-0.25, -0.2) is 0 Å². The van der Waals surface area contributed by atoms with Crippen molar-refractivity contribution in [3.05, 3.63) is 0 Å². The minimum Gasteiger partial charge on any atom is -0.382 e. The van der Waals surface area contributed by atoms with Gasteiger partial charge in [0.05, 0.1) is 18.3 Å². The third kappa shape index (κ3) is 4.60. The Morgan fingerprint density at radius 1 is 1.15 bits per heavy atom. The van der Waals surface area contributed by atoms with Crippen molar-refractivity contribution in [3.8, 4) is 0 Å². The fourth-order valence-corrected chi connectivity index (χ4v) is 1.39. The van der Waals surface area contributed by atoms with Crippen LogP contribution in [0.5, 0.6) is 0 Å². The van der Waals surface area contributed by atoms with E-state index in [1.165, 1.54) is 0 Å². The highest BCUT2D eigenvalue weighted by Crippen LogP contribution is 2.19. The molecule has 0 amide bonds. The Morgan fingerprint density at radius 2 is 1.69 bits per heavy atom. The van der Waals surface area contributed by atoms with Crippen LogP contribution in [-0.2, 0) is 14.2 Å². The third-order valence-electron chi connectivity index (χ3n) is 1.92. The molecule has 80 valence electrons. The SMILES string of the molecule is COCC(OC)C(C)(C)OC(C)C. The summed E-state index contributed by atoms with van der Waals surface area (Å²) < 4.78 is 16.1. The molecule has 0 N–H and O–H groups in total. The minimum absolute atomic E-state index is 0.0279. The van der Waals surface area contributed by atoms with Gasteiger partial charge in [-0.2, -0.15) is 0 Å². The minimum atomic E-state index is -0.307. The fourth-order valence-electron chi connectivity index (χ4n) is 1.39. The lowest BCUT2D eigenvalue weighted by Gasteiger charge is -2.34. The average Bonchev–Trinajstić information content (AvgIpc) is 1.97. The second-order valence-corrected chi connectivity index (χ2v) is 3.95. The van der Waals surface area contributed by atoms with Crippen LogP contribution in [0.2, 0.25) is 0 Å². The van der Waals surface area contributed by atoms with Crippen LogP contribution in [0.15, 0.2) is 0 Å². The molecule has 0 rings (SSSR count). The molecule has 0 bridgehead atoms. The van der Waals surface area contributed by atoms with Crippen LogP contribution in [-0.4, -0.2) is 38.6 Å². The summed E-state index contributed by atoms with van der Waals surface area (Å²) in [5, 5.41) is 0. The Balaban J connectivity index is 4.19. The van der Waals surface area contributed by atoms with Crippen LogP contribution < -0.4 is 0 Å². The van der Waals surface area contributed by atoms with Gasteiger partial charge < -0.3 is 14.2 Å². The van der Waals surface area contributed by atoms with Gasteiger partial charge in [0.2, 0.25) is 0 Å². The van der Waals surface area contributed by atoms with E-state index in [9.17, 15) is 0 Å². The summed E-state index contributed by atoms with van der Waals surface area (Å²) in [5.41, 5.74) is -0.307. The Bertz CT molecular complexity index is 132. The molecule has 0 aromatic carbocycles. The monoisotopic (exact) mass is 190 g/mol. The van der Waals surface area contributed by atoms with E-state index in [0.717, 1.165) is 0 Å². The zero-order valence-corrected chi connectivity index (χ0v) is 9.59. The van der Waals surface area contributed by atoms with Crippen LogP contribution >= 0.6 is 0 Å². The molecule has 0 aliphatic heterocycles. The zero-order chi connectivity index (χ0) is 10.5. The molecular weight excluding hydrogens is 168 g/mol. The summed E-state index contributed by atoms with van der Waals surface area (Å²) in [6.45, 7) is 8.61. The van der Waals surface area contributed by atoms with Crippen molar-refractivity contribution in [1.29, 1.82) is 0 Å². The lowest BCUT2D eigenvalue weighted by Crippen LogP contribution is -2.44. The van der Waals surface area contributed by atoms with Crippen molar-refractivity contribution in [2.24, 2.45) is 0 Å². The molecule has 0 saturated heterocycles. The third-order valence-corrected chi connectivity index (χ3v) is 1.92. The predicted molar refractivity (Wildman–Crippen MR) is 53.0 cm³/mol. The van der Waals surface area contributed by atoms with E-state index < -0.39 is 0 Å². The largest absolute Gasteiger partial charge is 0.382 e. The first-order chi connectivity index (χ1) is 5.94. The summed E-state index contributed by atoms with van der Waals surface area (Å²) in [4.78, 5) is 0. The van der Waals surface area contributed by atoms with E-state index in [1.54, 1.807) is 14.2 Å². The molecule has 1 atom stereocenters. The van der Waals surface area contributed by atoms with Crippen LogP contribution in [0.3, 0.4) is 0 Å². The maximum absolute atomic E-state index is 5.74. The summed E-state index contributed by atoms with van der Waals surface area (Å²) in [5.74, 6) is 0. The highest BCUT2D eigenvalue weighted by atomic mass is 16.6. The van der Waals surface area contributed by atoms with Gasteiger partial charge >= 0.3 is 0 Å². The highest BCUT2D eigenvalue weighted by Gasteiger charge is 2.31. The molecule has 1 unspecified atom stereocenters. The van der Waals surface area contributed by atoms with E-state index in [1.807, 2.05) is 27.7 Å². The second-order valence-electron chi connectivity index (χ2n) is 3.95. The van der Waals surface area contributed by atoms with E-state index in [0.29, 0.717) is 6.61 Å². The van der Waals surface area contributed by atoms with Crippen LogP contribution in [0.1, 0.15) is 27.7 Å². The lowest BCUT2D eigenvalue weighted by atomic mass is 10.0. The quantitative estimate of drug-likeness (QED) is 0.639. The van der Waals surface area contributed by atoms with Gasteiger partial charge in [-0.3, -0.25) is 0 Å². The number of ether oxygens (including phenoxy) is 3. The number of methoxy groups -OCH3 is 2. The molecule has 0 aromatic heterocycles. The molecule has 3 heteroatoms. The van der Waals surface area contributed by atoms with Crippen molar-refractivity contribution in [1.82, 2.24) is 0 Å². The molecule has 0 aromatic rings. The molecule has 0 aliphatic carbocycles. The van der Waals surface area contributed by atoms with Gasteiger partial charge in [0.15, 0.2) is 0 Å². The molecule has 0 spiro atoms. The maximum atomic E-state index is 5.74. The Kier molecular flexibility index (Phi) is 5.53. The molecule has 13 heavy (non-hydrogen) atoms. The van der Waals surface area contributed by atoms with Crippen molar-refractivity contribution in [2.75, 3.05) is 20.8 Å². The Morgan fingerprint density at radius 3 is 2.00 bits per heavy atom. The van der Waals surface area contributed by atoms with Gasteiger partial charge in [-0.05, 0) is 27.7 Å². The Hall–Kier alpha value is -0.120. The van der Waals surface area contributed by atoms with Crippen LogP contribution in [0.4, 0.5) is 0 Å². The fraction of sp³-hybridized carbons (Fsp3) is 1.00. The van der Waals surface area contributed by atoms with E-state index in [-0.39, 0.29) is 17.8 Å². The van der Waals surface area contributed by atoms with Gasteiger partial charge in [-0.15, -0.1) is 0 Å². The van der Waals surface area contributed by atoms with Gasteiger partial charge in [-0.1, -0.05) is 0 Å². The predicted octanol–water partition coefficient (Wildman–Crippen LogP) is 1.85.